The SMILES string of the molecule is CC1(C)C[C@@H]1C(=O)N1CC2(CN(C(=O)c3cncs3)CC2c2nnc(Cc3ccc4c(c3)CCCO4)o2)C1. The van der Waals surface area contributed by atoms with E-state index < -0.39 is 0 Å². The first-order valence-electron chi connectivity index (χ1n) is 13.3. The van der Waals surface area contributed by atoms with Gasteiger partial charge < -0.3 is 19.0 Å². The van der Waals surface area contributed by atoms with Crippen LogP contribution in [0.2, 0.25) is 0 Å². The van der Waals surface area contributed by atoms with Crippen molar-refractivity contribution in [2.45, 2.75) is 45.4 Å². The second-order valence-corrected chi connectivity index (χ2v) is 12.9. The van der Waals surface area contributed by atoms with E-state index >= 15 is 0 Å². The zero-order chi connectivity index (χ0) is 26.1. The van der Waals surface area contributed by atoms with E-state index in [1.165, 1.54) is 16.9 Å². The van der Waals surface area contributed by atoms with Gasteiger partial charge in [0.25, 0.3) is 5.91 Å². The number of aromatic nitrogens is 3. The second kappa shape index (κ2) is 8.62. The van der Waals surface area contributed by atoms with Crippen LogP contribution >= 0.6 is 11.3 Å². The third-order valence-electron chi connectivity index (χ3n) is 8.82. The smallest absolute Gasteiger partial charge is 0.265 e. The van der Waals surface area contributed by atoms with Crippen LogP contribution < -0.4 is 4.74 Å². The first kappa shape index (κ1) is 23.8. The fourth-order valence-corrected chi connectivity index (χ4v) is 7.00. The zero-order valence-electron chi connectivity index (χ0n) is 21.7. The highest BCUT2D eigenvalue weighted by atomic mass is 32.1. The molecule has 1 saturated carbocycles. The van der Waals surface area contributed by atoms with Crippen molar-refractivity contribution in [3.05, 3.63) is 57.7 Å². The van der Waals surface area contributed by atoms with Crippen molar-refractivity contribution in [3.8, 4) is 5.75 Å². The van der Waals surface area contributed by atoms with Crippen LogP contribution in [0.3, 0.4) is 0 Å². The van der Waals surface area contributed by atoms with E-state index in [-0.39, 0.29) is 34.5 Å². The summed E-state index contributed by atoms with van der Waals surface area (Å²) >= 11 is 1.35. The summed E-state index contributed by atoms with van der Waals surface area (Å²) in [6.45, 7) is 7.34. The Bertz CT molecular complexity index is 1390. The van der Waals surface area contributed by atoms with Gasteiger partial charge in [0.1, 0.15) is 10.6 Å². The largest absolute Gasteiger partial charge is 0.493 e. The number of thiazole rings is 1. The van der Waals surface area contributed by atoms with E-state index in [0.717, 1.165) is 37.2 Å². The third kappa shape index (κ3) is 4.00. The Kier molecular flexibility index (Phi) is 5.41. The predicted octanol–water partition coefficient (Wildman–Crippen LogP) is 3.56. The van der Waals surface area contributed by atoms with Crippen molar-refractivity contribution in [3.63, 3.8) is 0 Å². The number of hydrogen-bond acceptors (Lipinski definition) is 8. The lowest BCUT2D eigenvalue weighted by atomic mass is 9.71. The minimum Gasteiger partial charge on any atom is -0.493 e. The Morgan fingerprint density at radius 1 is 1.16 bits per heavy atom. The number of likely N-dealkylation sites (tertiary alicyclic amines) is 2. The van der Waals surface area contributed by atoms with Gasteiger partial charge in [-0.05, 0) is 41.9 Å². The summed E-state index contributed by atoms with van der Waals surface area (Å²) in [6.07, 6.45) is 5.15. The number of fused-ring (bicyclic) bond motifs is 1. The van der Waals surface area contributed by atoms with Gasteiger partial charge in [0.2, 0.25) is 17.7 Å². The molecule has 1 unspecified atom stereocenters. The molecular formula is C28H31N5O4S. The van der Waals surface area contributed by atoms with Gasteiger partial charge in [0.05, 0.1) is 30.7 Å². The van der Waals surface area contributed by atoms with Gasteiger partial charge in [0.15, 0.2) is 0 Å². The van der Waals surface area contributed by atoms with Gasteiger partial charge >= 0.3 is 0 Å². The molecular weight excluding hydrogens is 502 g/mol. The first-order valence-corrected chi connectivity index (χ1v) is 14.2. The highest BCUT2D eigenvalue weighted by molar-refractivity contribution is 7.11. The Morgan fingerprint density at radius 3 is 2.74 bits per heavy atom. The van der Waals surface area contributed by atoms with Gasteiger partial charge in [-0.2, -0.15) is 0 Å². The number of nitrogens with zero attached hydrogens (tertiary/aromatic N) is 5. The molecule has 2 atom stereocenters. The maximum atomic E-state index is 13.2. The van der Waals surface area contributed by atoms with E-state index in [0.29, 0.717) is 49.3 Å². The molecule has 1 spiro atoms. The van der Waals surface area contributed by atoms with Crippen molar-refractivity contribution in [2.24, 2.45) is 16.7 Å². The number of carbonyl (C=O) groups excluding carboxylic acids is 2. The zero-order valence-corrected chi connectivity index (χ0v) is 22.5. The van der Waals surface area contributed by atoms with Crippen LogP contribution in [0, 0.1) is 16.7 Å². The van der Waals surface area contributed by atoms with Crippen LogP contribution in [0.15, 0.2) is 34.3 Å². The number of hydrogen-bond donors (Lipinski definition) is 0. The van der Waals surface area contributed by atoms with E-state index in [1.807, 2.05) is 15.9 Å². The van der Waals surface area contributed by atoms with Crippen molar-refractivity contribution in [1.29, 1.82) is 0 Å². The molecule has 5 heterocycles. The van der Waals surface area contributed by atoms with Crippen molar-refractivity contribution >= 4 is 23.2 Å². The second-order valence-electron chi connectivity index (χ2n) is 12.0. The Labute approximate surface area is 225 Å². The highest BCUT2D eigenvalue weighted by Gasteiger charge is 2.61. The van der Waals surface area contributed by atoms with E-state index in [9.17, 15) is 9.59 Å². The van der Waals surface area contributed by atoms with Gasteiger partial charge in [-0.15, -0.1) is 21.5 Å². The molecule has 198 valence electrons. The molecule has 0 radical (unpaired) electrons. The van der Waals surface area contributed by atoms with Crippen LogP contribution in [-0.2, 0) is 17.6 Å². The molecule has 4 aliphatic rings. The number of amides is 2. The van der Waals surface area contributed by atoms with Gasteiger partial charge in [0, 0.05) is 37.5 Å². The molecule has 2 amide bonds. The lowest BCUT2D eigenvalue weighted by Gasteiger charge is -2.50. The first-order chi connectivity index (χ1) is 18.3. The Hall–Kier alpha value is -3.27. The lowest BCUT2D eigenvalue weighted by Crippen LogP contribution is -2.62. The minimum absolute atomic E-state index is 0.0292. The normalized spacial score (nSPS) is 24.6. The topological polar surface area (TPSA) is 102 Å². The minimum atomic E-state index is -0.276. The lowest BCUT2D eigenvalue weighted by molar-refractivity contribution is -0.146. The molecule has 1 aromatic carbocycles. The summed E-state index contributed by atoms with van der Waals surface area (Å²) < 4.78 is 12.0. The molecule has 9 nitrogen and oxygen atoms in total. The molecule has 1 aliphatic carbocycles. The predicted molar refractivity (Wildman–Crippen MR) is 139 cm³/mol. The molecule has 0 N–H and O–H groups in total. The summed E-state index contributed by atoms with van der Waals surface area (Å²) in [5.74, 6) is 2.27. The Morgan fingerprint density at radius 2 is 1.97 bits per heavy atom. The van der Waals surface area contributed by atoms with Crippen molar-refractivity contribution < 1.29 is 18.7 Å². The van der Waals surface area contributed by atoms with Crippen LogP contribution in [0.5, 0.6) is 5.75 Å². The van der Waals surface area contributed by atoms with Crippen LogP contribution in [0.4, 0.5) is 0 Å². The van der Waals surface area contributed by atoms with Crippen LogP contribution in [-0.4, -0.2) is 69.6 Å². The monoisotopic (exact) mass is 533 g/mol. The third-order valence-corrected chi connectivity index (χ3v) is 9.58. The highest BCUT2D eigenvalue weighted by Crippen LogP contribution is 2.55. The van der Waals surface area contributed by atoms with Crippen molar-refractivity contribution in [2.75, 3.05) is 32.8 Å². The van der Waals surface area contributed by atoms with Gasteiger partial charge in [-0.1, -0.05) is 26.0 Å². The maximum Gasteiger partial charge on any atom is 0.265 e. The number of aryl methyl sites for hydroxylation is 1. The van der Waals surface area contributed by atoms with Crippen LogP contribution in [0.25, 0.3) is 0 Å². The standard InChI is InChI=1S/C28H31N5O4S/c1-27(2)10-19(27)25(34)33-14-28(15-33)13-32(26(35)22-11-29-16-38-22)12-20(28)24-31-30-23(37-24)9-17-5-6-21-18(8-17)4-3-7-36-21/h5-6,8,11,16,19-20H,3-4,7,9-10,12-15H2,1-2H3/t19-,20?/m1/s1. The molecule has 0 bridgehead atoms. The molecule has 10 heteroatoms. The van der Waals surface area contributed by atoms with Crippen LogP contribution in [0.1, 0.15) is 65.2 Å². The van der Waals surface area contributed by atoms with E-state index in [4.69, 9.17) is 9.15 Å². The summed E-state index contributed by atoms with van der Waals surface area (Å²) in [5, 5.41) is 8.85. The molecule has 3 aliphatic heterocycles. The summed E-state index contributed by atoms with van der Waals surface area (Å²) in [6, 6.07) is 6.24. The molecule has 2 aromatic heterocycles. The molecule has 3 fully saturated rings. The number of benzene rings is 1. The van der Waals surface area contributed by atoms with Crippen molar-refractivity contribution in [1.82, 2.24) is 25.0 Å². The molecule has 2 saturated heterocycles. The number of rotatable bonds is 5. The molecule has 38 heavy (non-hydrogen) atoms. The summed E-state index contributed by atoms with van der Waals surface area (Å²) in [5.41, 5.74) is 3.82. The number of carbonyl (C=O) groups is 2. The average molecular weight is 534 g/mol. The fraction of sp³-hybridized carbons (Fsp3) is 0.536. The molecule has 3 aromatic rings. The summed E-state index contributed by atoms with van der Waals surface area (Å²) in [4.78, 5) is 34.8. The summed E-state index contributed by atoms with van der Waals surface area (Å²) in [7, 11) is 0. The number of ether oxygens (including phenoxy) is 1. The Balaban J connectivity index is 1.11. The van der Waals surface area contributed by atoms with Gasteiger partial charge in [-0.25, -0.2) is 0 Å². The fourth-order valence-electron chi connectivity index (χ4n) is 6.42. The average Bonchev–Trinajstić information content (AvgIpc) is 3.40. The van der Waals surface area contributed by atoms with Gasteiger partial charge in [-0.3, -0.25) is 14.6 Å². The van der Waals surface area contributed by atoms with E-state index in [2.05, 4.69) is 41.2 Å². The quantitative estimate of drug-likeness (QED) is 0.494. The maximum absolute atomic E-state index is 13.2. The van der Waals surface area contributed by atoms with E-state index in [1.54, 1.807) is 11.7 Å². The molecule has 7 rings (SSSR count).